The maximum Gasteiger partial charge on any atom is 0.187 e. The van der Waals surface area contributed by atoms with E-state index in [9.17, 15) is 61.0 Å². The van der Waals surface area contributed by atoms with Crippen molar-refractivity contribution < 1.29 is 89.4 Å². The van der Waals surface area contributed by atoms with Crippen LogP contribution in [0.15, 0.2) is 23.3 Å². The molecule has 0 spiro atoms. The summed E-state index contributed by atoms with van der Waals surface area (Å²) >= 11 is 0. The molecule has 6 fully saturated rings. The lowest BCUT2D eigenvalue weighted by Crippen LogP contribution is -2.64. The van der Waals surface area contributed by atoms with Crippen molar-refractivity contribution in [2.75, 3.05) is 26.4 Å². The first-order valence-corrected chi connectivity index (χ1v) is 24.1. The molecule has 23 atom stereocenters. The van der Waals surface area contributed by atoms with E-state index in [1.807, 2.05) is 6.92 Å². The molecular weight excluding hydrogens is 865 g/mol. The molecule has 0 aromatic rings. The van der Waals surface area contributed by atoms with E-state index in [1.54, 1.807) is 0 Å². The summed E-state index contributed by atoms with van der Waals surface area (Å²) in [7, 11) is 0. The van der Waals surface area contributed by atoms with Crippen molar-refractivity contribution in [3.63, 3.8) is 0 Å². The number of fused-ring (bicyclic) bond motifs is 5. The third-order valence-electron chi connectivity index (χ3n) is 18.0. The smallest absolute Gasteiger partial charge is 0.187 e. The number of Topliss-reactive ketones (excluding diaryl/α,β-unsaturated/α-hetero) is 1. The van der Waals surface area contributed by atoms with Gasteiger partial charge in [0.1, 0.15) is 79.0 Å². The summed E-state index contributed by atoms with van der Waals surface area (Å²) in [5, 5.41) is 113. The first-order chi connectivity index (χ1) is 31.0. The first kappa shape index (κ1) is 52.3. The third-order valence-corrected chi connectivity index (χ3v) is 18.0. The monoisotopic (exact) mass is 943 g/mol. The van der Waals surface area contributed by atoms with Crippen LogP contribution in [0, 0.1) is 45.3 Å². The molecule has 0 aromatic carbocycles. The predicted molar refractivity (Wildman–Crippen MR) is 233 cm³/mol. The molecule has 0 bridgehead atoms. The van der Waals surface area contributed by atoms with E-state index in [2.05, 4.69) is 53.7 Å². The number of aliphatic hydroxyl groups excluding tert-OH is 11. The molecule has 3 aliphatic heterocycles. The van der Waals surface area contributed by atoms with E-state index < -0.39 is 129 Å². The normalized spacial score (nSPS) is 50.0. The summed E-state index contributed by atoms with van der Waals surface area (Å²) in [5.74, 6) is 1.12. The highest BCUT2D eigenvalue weighted by atomic mass is 16.7. The Hall–Kier alpha value is -1.53. The van der Waals surface area contributed by atoms with Gasteiger partial charge in [-0.25, -0.2) is 0 Å². The van der Waals surface area contributed by atoms with Gasteiger partial charge in [-0.15, -0.1) is 0 Å². The molecule has 0 unspecified atom stereocenters. The van der Waals surface area contributed by atoms with E-state index in [1.165, 1.54) is 5.57 Å². The number of allylic oxidation sites excluding steroid dienone is 2. The van der Waals surface area contributed by atoms with Gasteiger partial charge in [-0.05, 0) is 86.4 Å². The summed E-state index contributed by atoms with van der Waals surface area (Å²) in [5.41, 5.74) is 0.660. The fourth-order valence-corrected chi connectivity index (χ4v) is 13.6. The lowest BCUT2D eigenvalue weighted by atomic mass is 9.38. The standard InChI is InChI=1S/C48H78O18/c1-22(20-61-42-40(59)38(57)35(54)29(65-42)21-62-43-39(58)36(55)33(52)27(18-49)63-43)9-8-10-23(2)24-15-16-46(5)30-13-11-25-26(48(30,7)31(51)17-47(24,46)6)12-14-32(45(25,3)4)66-44-41(60)37(56)34(53)28(19-50)64-44/h9,11,23-24,26-30,32-44,49-50,52-60H,8,10,12-21H2,1-7H3/b22-9+/t23-,24+,26+,27-,28-,29-,30-,32+,33-,34-,35-,36+,37+,38+,39-,40-,41-,42-,43-,44+,46-,47+,48+/m0/s1. The molecule has 66 heavy (non-hydrogen) atoms. The maximum absolute atomic E-state index is 14.9. The third kappa shape index (κ3) is 8.94. The van der Waals surface area contributed by atoms with Crippen LogP contribution in [0.25, 0.3) is 0 Å². The van der Waals surface area contributed by atoms with Crippen molar-refractivity contribution in [3.8, 4) is 0 Å². The Morgan fingerprint density at radius 2 is 1.27 bits per heavy atom. The van der Waals surface area contributed by atoms with Crippen molar-refractivity contribution in [3.05, 3.63) is 23.3 Å². The Morgan fingerprint density at radius 1 is 0.727 bits per heavy atom. The SMILES string of the molecule is C/C(=C\CC[C@H](C)[C@H]1CC[C@@]2(C)[C@@H]3CC=C4[C@@H](CC[C@@H](O[C@H]5O[C@@H](CO)[C@H](O)[C@@H](O)[C@@H]5O)C4(C)C)[C@@]3(C)C(=O)C[C@]12C)CO[C@H]1O[C@@H](CO[C@H]2O[C@@H](CO)[C@H](O)[C@@H](O)[C@@H]2O)[C@H](O)[C@@H](O)[C@@H]1O. The quantitative estimate of drug-likeness (QED) is 0.102. The summed E-state index contributed by atoms with van der Waals surface area (Å²) < 4.78 is 34.7. The lowest BCUT2D eigenvalue weighted by Gasteiger charge is -2.65. The van der Waals surface area contributed by atoms with E-state index in [0.717, 1.165) is 37.7 Å². The van der Waals surface area contributed by atoms with Gasteiger partial charge in [0.05, 0.1) is 32.5 Å². The maximum atomic E-state index is 14.9. The minimum Gasteiger partial charge on any atom is -0.394 e. The average Bonchev–Trinajstić information content (AvgIpc) is 3.55. The molecule has 4 aliphatic carbocycles. The topological polar surface area (TPSA) is 295 Å². The zero-order chi connectivity index (χ0) is 48.4. The number of aliphatic hydroxyl groups is 11. The Balaban J connectivity index is 0.945. The van der Waals surface area contributed by atoms with Gasteiger partial charge in [0.2, 0.25) is 0 Å². The molecule has 18 heteroatoms. The summed E-state index contributed by atoms with van der Waals surface area (Å²) in [6.45, 7) is 13.7. The number of hydrogen-bond donors (Lipinski definition) is 11. The van der Waals surface area contributed by atoms with Gasteiger partial charge < -0.3 is 84.6 Å². The molecule has 3 heterocycles. The van der Waals surface area contributed by atoms with Gasteiger partial charge in [-0.2, -0.15) is 0 Å². The van der Waals surface area contributed by atoms with Crippen LogP contribution in [0.2, 0.25) is 0 Å². The van der Waals surface area contributed by atoms with Gasteiger partial charge in [-0.3, -0.25) is 4.79 Å². The van der Waals surface area contributed by atoms with Gasteiger partial charge in [0.25, 0.3) is 0 Å². The minimum absolute atomic E-state index is 0.0192. The lowest BCUT2D eigenvalue weighted by molar-refractivity contribution is -0.330. The highest BCUT2D eigenvalue weighted by molar-refractivity contribution is 5.88. The second kappa shape index (κ2) is 19.9. The van der Waals surface area contributed by atoms with E-state index >= 15 is 0 Å². The van der Waals surface area contributed by atoms with Gasteiger partial charge >= 0.3 is 0 Å². The van der Waals surface area contributed by atoms with Crippen LogP contribution in [0.3, 0.4) is 0 Å². The van der Waals surface area contributed by atoms with E-state index in [0.29, 0.717) is 36.9 Å². The van der Waals surface area contributed by atoms with Gasteiger partial charge in [-0.1, -0.05) is 64.8 Å². The zero-order valence-electron chi connectivity index (χ0n) is 39.5. The molecule has 0 aromatic heterocycles. The molecule has 0 radical (unpaired) electrons. The fourth-order valence-electron chi connectivity index (χ4n) is 13.6. The first-order valence-electron chi connectivity index (χ1n) is 24.1. The molecule has 11 N–H and O–H groups in total. The Bertz CT molecular complexity index is 1760. The summed E-state index contributed by atoms with van der Waals surface area (Å²) in [6, 6.07) is 0. The molecule has 378 valence electrons. The number of ether oxygens (including phenoxy) is 6. The summed E-state index contributed by atoms with van der Waals surface area (Å²) in [4.78, 5) is 14.9. The van der Waals surface area contributed by atoms with Crippen LogP contribution < -0.4 is 0 Å². The molecule has 0 amide bonds. The second-order valence-electron chi connectivity index (χ2n) is 21.9. The van der Waals surface area contributed by atoms with Crippen LogP contribution in [0.4, 0.5) is 0 Å². The molecule has 7 aliphatic rings. The Morgan fingerprint density at radius 3 is 1.88 bits per heavy atom. The average molecular weight is 943 g/mol. The molecule has 7 rings (SSSR count). The largest absolute Gasteiger partial charge is 0.394 e. The van der Waals surface area contributed by atoms with E-state index in [4.69, 9.17) is 28.4 Å². The van der Waals surface area contributed by atoms with Crippen LogP contribution in [0.5, 0.6) is 0 Å². The van der Waals surface area contributed by atoms with Crippen molar-refractivity contribution in [1.82, 2.24) is 0 Å². The predicted octanol–water partition coefficient (Wildman–Crippen LogP) is -0.0410. The van der Waals surface area contributed by atoms with Gasteiger partial charge in [0, 0.05) is 17.3 Å². The second-order valence-corrected chi connectivity index (χ2v) is 21.9. The van der Waals surface area contributed by atoms with Crippen LogP contribution in [-0.2, 0) is 33.2 Å². The minimum atomic E-state index is -1.67. The van der Waals surface area contributed by atoms with Crippen LogP contribution in [0.1, 0.15) is 99.8 Å². The molecule has 3 saturated heterocycles. The van der Waals surface area contributed by atoms with Crippen LogP contribution in [-0.4, -0.2) is 187 Å². The molecule has 3 saturated carbocycles. The van der Waals surface area contributed by atoms with Gasteiger partial charge in [0.15, 0.2) is 18.9 Å². The fraction of sp³-hybridized carbons (Fsp3) is 0.896. The Labute approximate surface area is 387 Å². The number of hydrogen-bond acceptors (Lipinski definition) is 18. The van der Waals surface area contributed by atoms with Crippen LogP contribution >= 0.6 is 0 Å². The number of ketones is 1. The summed E-state index contributed by atoms with van der Waals surface area (Å²) in [6.07, 6.45) is -11.5. The zero-order valence-corrected chi connectivity index (χ0v) is 39.5. The number of carbonyl (C=O) groups excluding carboxylic acids is 1. The molecular formula is C48H78O18. The number of rotatable bonds is 14. The van der Waals surface area contributed by atoms with Crippen molar-refractivity contribution in [2.24, 2.45) is 45.3 Å². The Kier molecular flexibility index (Phi) is 15.8. The van der Waals surface area contributed by atoms with Crippen molar-refractivity contribution >= 4 is 5.78 Å². The highest BCUT2D eigenvalue weighted by Gasteiger charge is 2.70. The highest BCUT2D eigenvalue weighted by Crippen LogP contribution is 2.74. The van der Waals surface area contributed by atoms with Crippen molar-refractivity contribution in [2.45, 2.75) is 198 Å². The molecule has 18 nitrogen and oxygen atoms in total. The van der Waals surface area contributed by atoms with Crippen molar-refractivity contribution in [1.29, 1.82) is 0 Å². The number of carbonyl (C=O) groups is 1. The van der Waals surface area contributed by atoms with E-state index in [-0.39, 0.29) is 29.3 Å².